The molecule has 84 valence electrons. The van der Waals surface area contributed by atoms with E-state index in [1.165, 1.54) is 11.5 Å². The van der Waals surface area contributed by atoms with Crippen LogP contribution in [0.25, 0.3) is 0 Å². The molecule has 0 aliphatic carbocycles. The third-order valence-electron chi connectivity index (χ3n) is 2.53. The highest BCUT2D eigenvalue weighted by atomic mass is 32.2. The van der Waals surface area contributed by atoms with E-state index in [-0.39, 0.29) is 0 Å². The maximum Gasteiger partial charge on any atom is 0.240 e. The molecule has 15 heavy (non-hydrogen) atoms. The predicted molar refractivity (Wildman–Crippen MR) is 59.4 cm³/mol. The van der Waals surface area contributed by atoms with Crippen molar-refractivity contribution in [2.24, 2.45) is 5.73 Å². The van der Waals surface area contributed by atoms with Gasteiger partial charge in [0.15, 0.2) is 5.82 Å². The van der Waals surface area contributed by atoms with Crippen molar-refractivity contribution in [3.8, 4) is 0 Å². The first-order valence-corrected chi connectivity index (χ1v) is 6.28. The Labute approximate surface area is 93.4 Å². The van der Waals surface area contributed by atoms with Gasteiger partial charge in [-0.3, -0.25) is 4.90 Å². The molecule has 1 aliphatic heterocycles. The van der Waals surface area contributed by atoms with E-state index in [4.69, 9.17) is 10.3 Å². The Morgan fingerprint density at radius 1 is 1.67 bits per heavy atom. The van der Waals surface area contributed by atoms with Crippen LogP contribution in [0.4, 0.5) is 0 Å². The molecule has 0 aromatic carbocycles. The molecule has 1 atom stereocenters. The summed E-state index contributed by atoms with van der Waals surface area (Å²) >= 11 is 2.00. The van der Waals surface area contributed by atoms with Gasteiger partial charge in [-0.25, -0.2) is 0 Å². The van der Waals surface area contributed by atoms with Crippen LogP contribution >= 0.6 is 11.8 Å². The highest BCUT2D eigenvalue weighted by molar-refractivity contribution is 7.99. The number of hydrogen-bond donors (Lipinski definition) is 1. The maximum atomic E-state index is 5.41. The first kappa shape index (κ1) is 10.9. The average molecular weight is 228 g/mol. The minimum atomic E-state index is 0.318. The summed E-state index contributed by atoms with van der Waals surface area (Å²) in [6.07, 6.45) is 0. The van der Waals surface area contributed by atoms with Crippen molar-refractivity contribution in [3.63, 3.8) is 0 Å². The van der Waals surface area contributed by atoms with Crippen molar-refractivity contribution < 1.29 is 4.52 Å². The lowest BCUT2D eigenvalue weighted by atomic mass is 10.3. The van der Waals surface area contributed by atoms with Crippen LogP contribution in [-0.4, -0.2) is 39.1 Å². The fourth-order valence-electron chi connectivity index (χ4n) is 1.62. The minimum absolute atomic E-state index is 0.318. The summed E-state index contributed by atoms with van der Waals surface area (Å²) in [4.78, 5) is 6.58. The van der Waals surface area contributed by atoms with E-state index in [2.05, 4.69) is 22.0 Å². The normalized spacial score (nSPS) is 23.2. The minimum Gasteiger partial charge on any atom is -0.338 e. The average Bonchev–Trinajstić information content (AvgIpc) is 2.69. The summed E-state index contributed by atoms with van der Waals surface area (Å²) in [6, 6.07) is 0.587. The third-order valence-corrected chi connectivity index (χ3v) is 3.72. The molecule has 0 saturated carbocycles. The molecule has 2 N–H and O–H groups in total. The lowest BCUT2D eigenvalue weighted by Crippen LogP contribution is -2.39. The van der Waals surface area contributed by atoms with Gasteiger partial charge < -0.3 is 10.3 Å². The predicted octanol–water partition coefficient (Wildman–Crippen LogP) is 0.466. The molecule has 2 heterocycles. The first-order chi connectivity index (χ1) is 7.29. The molecule has 0 bridgehead atoms. The molecular formula is C9H16N4OS. The second kappa shape index (κ2) is 4.96. The van der Waals surface area contributed by atoms with Crippen molar-refractivity contribution in [3.05, 3.63) is 11.7 Å². The smallest absolute Gasteiger partial charge is 0.240 e. The van der Waals surface area contributed by atoms with Gasteiger partial charge in [-0.1, -0.05) is 5.16 Å². The number of thioether (sulfide) groups is 1. The van der Waals surface area contributed by atoms with E-state index in [9.17, 15) is 0 Å². The quantitative estimate of drug-likeness (QED) is 0.811. The molecule has 1 aromatic heterocycles. The van der Waals surface area contributed by atoms with Gasteiger partial charge in [0.1, 0.15) is 0 Å². The van der Waals surface area contributed by atoms with Crippen LogP contribution in [0.5, 0.6) is 0 Å². The molecule has 5 nitrogen and oxygen atoms in total. The zero-order valence-corrected chi connectivity index (χ0v) is 9.66. The maximum absolute atomic E-state index is 5.41. The molecule has 1 saturated heterocycles. The second-order valence-electron chi connectivity index (χ2n) is 3.70. The van der Waals surface area contributed by atoms with E-state index < -0.39 is 0 Å². The molecule has 6 heteroatoms. The Morgan fingerprint density at radius 2 is 2.53 bits per heavy atom. The molecule has 1 aromatic rings. The van der Waals surface area contributed by atoms with Crippen molar-refractivity contribution in [1.29, 1.82) is 0 Å². The van der Waals surface area contributed by atoms with Crippen LogP contribution in [0.3, 0.4) is 0 Å². The second-order valence-corrected chi connectivity index (χ2v) is 4.85. The summed E-state index contributed by atoms with van der Waals surface area (Å²) in [5, 5.41) is 3.90. The fourth-order valence-corrected chi connectivity index (χ4v) is 2.70. The van der Waals surface area contributed by atoms with E-state index in [1.807, 2.05) is 11.8 Å². The highest BCUT2D eigenvalue weighted by Gasteiger charge is 2.20. The Hall–Kier alpha value is -0.590. The van der Waals surface area contributed by atoms with Crippen molar-refractivity contribution in [1.82, 2.24) is 15.0 Å². The Balaban J connectivity index is 1.95. The van der Waals surface area contributed by atoms with Gasteiger partial charge in [0, 0.05) is 24.1 Å². The third kappa shape index (κ3) is 2.70. The zero-order chi connectivity index (χ0) is 10.7. The molecule has 1 fully saturated rings. The summed E-state index contributed by atoms with van der Waals surface area (Å²) in [6.45, 7) is 4.41. The SMILES string of the molecule is CC1CSCCN1Cc1noc(CN)n1. The Kier molecular flexibility index (Phi) is 3.61. The standard InChI is InChI=1S/C9H16N4OS/c1-7-6-15-3-2-13(7)5-8-11-9(4-10)14-12-8/h7H,2-6,10H2,1H3. The van der Waals surface area contributed by atoms with E-state index >= 15 is 0 Å². The summed E-state index contributed by atoms with van der Waals surface area (Å²) in [5.41, 5.74) is 5.41. The number of nitrogens with zero attached hydrogens (tertiary/aromatic N) is 3. The van der Waals surface area contributed by atoms with Crippen LogP contribution in [0.2, 0.25) is 0 Å². The number of rotatable bonds is 3. The van der Waals surface area contributed by atoms with Gasteiger partial charge in [-0.15, -0.1) is 0 Å². The molecule has 0 spiro atoms. The van der Waals surface area contributed by atoms with Crippen molar-refractivity contribution in [2.45, 2.75) is 26.1 Å². The van der Waals surface area contributed by atoms with Crippen molar-refractivity contribution >= 4 is 11.8 Å². The van der Waals surface area contributed by atoms with Gasteiger partial charge in [0.2, 0.25) is 5.89 Å². The zero-order valence-electron chi connectivity index (χ0n) is 8.85. The van der Waals surface area contributed by atoms with Gasteiger partial charge in [0.05, 0.1) is 13.1 Å². The Morgan fingerprint density at radius 3 is 3.20 bits per heavy atom. The number of hydrogen-bond acceptors (Lipinski definition) is 6. The van der Waals surface area contributed by atoms with Gasteiger partial charge >= 0.3 is 0 Å². The molecule has 2 rings (SSSR count). The molecule has 0 amide bonds. The topological polar surface area (TPSA) is 68.2 Å². The van der Waals surface area contributed by atoms with Crippen LogP contribution in [0.1, 0.15) is 18.6 Å². The summed E-state index contributed by atoms with van der Waals surface area (Å²) in [7, 11) is 0. The van der Waals surface area contributed by atoms with Crippen LogP contribution < -0.4 is 5.73 Å². The lowest BCUT2D eigenvalue weighted by Gasteiger charge is -2.31. The fraction of sp³-hybridized carbons (Fsp3) is 0.778. The molecule has 1 unspecified atom stereocenters. The summed E-state index contributed by atoms with van der Waals surface area (Å²) in [5.74, 6) is 3.63. The van der Waals surface area contributed by atoms with E-state index in [1.54, 1.807) is 0 Å². The van der Waals surface area contributed by atoms with Crippen LogP contribution in [0.15, 0.2) is 4.52 Å². The number of nitrogens with two attached hydrogens (primary N) is 1. The van der Waals surface area contributed by atoms with Gasteiger partial charge in [-0.2, -0.15) is 16.7 Å². The van der Waals surface area contributed by atoms with Crippen molar-refractivity contribution in [2.75, 3.05) is 18.1 Å². The lowest BCUT2D eigenvalue weighted by molar-refractivity contribution is 0.215. The molecular weight excluding hydrogens is 212 g/mol. The molecule has 1 aliphatic rings. The molecule has 0 radical (unpaired) electrons. The first-order valence-electron chi connectivity index (χ1n) is 5.13. The number of aromatic nitrogens is 2. The van der Waals surface area contributed by atoms with E-state index in [0.717, 1.165) is 18.9 Å². The van der Waals surface area contributed by atoms with E-state index in [0.29, 0.717) is 18.5 Å². The monoisotopic (exact) mass is 228 g/mol. The van der Waals surface area contributed by atoms with Gasteiger partial charge in [0.25, 0.3) is 0 Å². The van der Waals surface area contributed by atoms with Crippen LogP contribution in [0, 0.1) is 0 Å². The Bertz CT molecular complexity index is 317. The highest BCUT2D eigenvalue weighted by Crippen LogP contribution is 2.17. The van der Waals surface area contributed by atoms with Gasteiger partial charge in [-0.05, 0) is 6.92 Å². The van der Waals surface area contributed by atoms with Crippen LogP contribution in [-0.2, 0) is 13.1 Å². The summed E-state index contributed by atoms with van der Waals surface area (Å²) < 4.78 is 4.97. The largest absolute Gasteiger partial charge is 0.338 e.